The predicted molar refractivity (Wildman–Crippen MR) is 76.5 cm³/mol. The minimum Gasteiger partial charge on any atom is -0.493 e. The average Bonchev–Trinajstić information content (AvgIpc) is 2.86. The van der Waals surface area contributed by atoms with Crippen LogP contribution in [0.2, 0.25) is 0 Å². The van der Waals surface area contributed by atoms with Crippen LogP contribution >= 0.6 is 0 Å². The van der Waals surface area contributed by atoms with Crippen molar-refractivity contribution in [1.29, 1.82) is 0 Å². The standard InChI is InChI=1S/C16H23NO2/c1-3-8-17(9-4-2)16(18)12-13-5-6-15-14(11-13)7-10-19-15/h5-6,11H,3-4,7-10,12H2,1-2H3. The third kappa shape index (κ3) is 3.49. The van der Waals surface area contributed by atoms with Gasteiger partial charge in [-0.25, -0.2) is 0 Å². The highest BCUT2D eigenvalue weighted by atomic mass is 16.5. The van der Waals surface area contributed by atoms with Crippen molar-refractivity contribution >= 4 is 5.91 Å². The molecular weight excluding hydrogens is 238 g/mol. The maximum absolute atomic E-state index is 12.3. The summed E-state index contributed by atoms with van der Waals surface area (Å²) in [5.74, 6) is 1.22. The molecule has 3 heteroatoms. The third-order valence-corrected chi connectivity index (χ3v) is 3.45. The maximum atomic E-state index is 12.3. The number of benzene rings is 1. The Hall–Kier alpha value is -1.51. The Morgan fingerprint density at radius 3 is 2.68 bits per heavy atom. The molecule has 1 aliphatic rings. The van der Waals surface area contributed by atoms with E-state index in [4.69, 9.17) is 4.74 Å². The van der Waals surface area contributed by atoms with Gasteiger partial charge in [0.25, 0.3) is 0 Å². The molecule has 1 aromatic carbocycles. The first-order chi connectivity index (χ1) is 9.24. The van der Waals surface area contributed by atoms with Crippen LogP contribution in [0.15, 0.2) is 18.2 Å². The molecule has 0 N–H and O–H groups in total. The van der Waals surface area contributed by atoms with Gasteiger partial charge in [0.05, 0.1) is 13.0 Å². The predicted octanol–water partition coefficient (Wildman–Crippen LogP) is 2.81. The Morgan fingerprint density at radius 2 is 2.00 bits per heavy atom. The van der Waals surface area contributed by atoms with Crippen LogP contribution in [-0.4, -0.2) is 30.5 Å². The second-order valence-electron chi connectivity index (χ2n) is 5.10. The number of ether oxygens (including phenoxy) is 1. The number of fused-ring (bicyclic) bond motifs is 1. The van der Waals surface area contributed by atoms with Crippen molar-refractivity contribution in [2.45, 2.75) is 39.5 Å². The molecule has 19 heavy (non-hydrogen) atoms. The molecule has 3 nitrogen and oxygen atoms in total. The van der Waals surface area contributed by atoms with Crippen LogP contribution in [0.3, 0.4) is 0 Å². The lowest BCUT2D eigenvalue weighted by atomic mass is 10.1. The molecule has 0 unspecified atom stereocenters. The summed E-state index contributed by atoms with van der Waals surface area (Å²) in [6, 6.07) is 6.13. The van der Waals surface area contributed by atoms with E-state index in [1.807, 2.05) is 17.0 Å². The summed E-state index contributed by atoms with van der Waals surface area (Å²) in [6.45, 7) is 6.72. The zero-order valence-corrected chi connectivity index (χ0v) is 11.9. The SMILES string of the molecule is CCCN(CCC)C(=O)Cc1ccc2c(c1)CCO2. The highest BCUT2D eigenvalue weighted by Gasteiger charge is 2.16. The lowest BCUT2D eigenvalue weighted by Gasteiger charge is -2.21. The molecule has 0 saturated heterocycles. The second-order valence-corrected chi connectivity index (χ2v) is 5.10. The van der Waals surface area contributed by atoms with Crippen molar-refractivity contribution < 1.29 is 9.53 Å². The average molecular weight is 261 g/mol. The number of hydrogen-bond donors (Lipinski definition) is 0. The molecule has 0 fully saturated rings. The normalized spacial score (nSPS) is 12.9. The van der Waals surface area contributed by atoms with Gasteiger partial charge in [-0.15, -0.1) is 0 Å². The van der Waals surface area contributed by atoms with E-state index in [2.05, 4.69) is 19.9 Å². The lowest BCUT2D eigenvalue weighted by Crippen LogP contribution is -2.33. The summed E-state index contributed by atoms with van der Waals surface area (Å²) < 4.78 is 5.49. The van der Waals surface area contributed by atoms with Gasteiger partial charge in [-0.05, 0) is 30.0 Å². The molecule has 0 radical (unpaired) electrons. The number of hydrogen-bond acceptors (Lipinski definition) is 2. The quantitative estimate of drug-likeness (QED) is 0.788. The van der Waals surface area contributed by atoms with Gasteiger partial charge in [0, 0.05) is 19.5 Å². The van der Waals surface area contributed by atoms with E-state index < -0.39 is 0 Å². The summed E-state index contributed by atoms with van der Waals surface area (Å²) in [7, 11) is 0. The van der Waals surface area contributed by atoms with Gasteiger partial charge >= 0.3 is 0 Å². The van der Waals surface area contributed by atoms with Crippen molar-refractivity contribution in [3.8, 4) is 5.75 Å². The molecule has 0 saturated carbocycles. The van der Waals surface area contributed by atoms with Gasteiger partial charge in [0.15, 0.2) is 0 Å². The molecule has 104 valence electrons. The van der Waals surface area contributed by atoms with Gasteiger partial charge < -0.3 is 9.64 Å². The maximum Gasteiger partial charge on any atom is 0.226 e. The Labute approximate surface area is 115 Å². The van der Waals surface area contributed by atoms with E-state index in [0.717, 1.165) is 50.3 Å². The first kappa shape index (κ1) is 13.9. The summed E-state index contributed by atoms with van der Waals surface area (Å²) >= 11 is 0. The van der Waals surface area contributed by atoms with Gasteiger partial charge in [-0.1, -0.05) is 26.0 Å². The fourth-order valence-electron chi connectivity index (χ4n) is 2.54. The minimum absolute atomic E-state index is 0.238. The first-order valence-electron chi connectivity index (χ1n) is 7.27. The van der Waals surface area contributed by atoms with E-state index in [9.17, 15) is 4.79 Å². The third-order valence-electron chi connectivity index (χ3n) is 3.45. The molecule has 0 aromatic heterocycles. The van der Waals surface area contributed by atoms with E-state index in [1.165, 1.54) is 5.56 Å². The van der Waals surface area contributed by atoms with Crippen molar-refractivity contribution in [1.82, 2.24) is 4.90 Å². The first-order valence-corrected chi connectivity index (χ1v) is 7.27. The molecule has 1 aliphatic heterocycles. The van der Waals surface area contributed by atoms with Crippen molar-refractivity contribution in [3.05, 3.63) is 29.3 Å². The Kier molecular flexibility index (Phi) is 4.83. The van der Waals surface area contributed by atoms with Gasteiger partial charge in [0.1, 0.15) is 5.75 Å². The monoisotopic (exact) mass is 261 g/mol. The zero-order chi connectivity index (χ0) is 13.7. The van der Waals surface area contributed by atoms with Crippen molar-refractivity contribution in [2.24, 2.45) is 0 Å². The number of amides is 1. The van der Waals surface area contributed by atoms with Crippen LogP contribution in [0, 0.1) is 0 Å². The summed E-state index contributed by atoms with van der Waals surface area (Å²) in [4.78, 5) is 14.3. The molecule has 1 heterocycles. The minimum atomic E-state index is 0.238. The number of nitrogens with zero attached hydrogens (tertiary/aromatic N) is 1. The van der Waals surface area contributed by atoms with Gasteiger partial charge in [-0.2, -0.15) is 0 Å². The van der Waals surface area contributed by atoms with Crippen molar-refractivity contribution in [3.63, 3.8) is 0 Å². The highest BCUT2D eigenvalue weighted by Crippen LogP contribution is 2.26. The molecule has 1 aromatic rings. The number of carbonyl (C=O) groups is 1. The van der Waals surface area contributed by atoms with E-state index in [1.54, 1.807) is 0 Å². The molecule has 1 amide bonds. The molecule has 0 aliphatic carbocycles. The molecule has 0 atom stereocenters. The number of rotatable bonds is 6. The fourth-order valence-corrected chi connectivity index (χ4v) is 2.54. The lowest BCUT2D eigenvalue weighted by molar-refractivity contribution is -0.130. The molecule has 2 rings (SSSR count). The van der Waals surface area contributed by atoms with E-state index in [0.29, 0.717) is 6.42 Å². The van der Waals surface area contributed by atoms with E-state index in [-0.39, 0.29) is 5.91 Å². The number of carbonyl (C=O) groups excluding carboxylic acids is 1. The molecule has 0 spiro atoms. The summed E-state index contributed by atoms with van der Waals surface area (Å²) in [5.41, 5.74) is 2.34. The van der Waals surface area contributed by atoms with Crippen LogP contribution in [0.25, 0.3) is 0 Å². The summed E-state index contributed by atoms with van der Waals surface area (Å²) in [6.07, 6.45) is 3.51. The fraction of sp³-hybridized carbons (Fsp3) is 0.562. The zero-order valence-electron chi connectivity index (χ0n) is 11.9. The second kappa shape index (κ2) is 6.60. The van der Waals surface area contributed by atoms with Crippen LogP contribution < -0.4 is 4.74 Å². The molecule has 0 bridgehead atoms. The smallest absolute Gasteiger partial charge is 0.226 e. The van der Waals surface area contributed by atoms with Crippen LogP contribution in [0.4, 0.5) is 0 Å². The van der Waals surface area contributed by atoms with Crippen LogP contribution in [0.5, 0.6) is 5.75 Å². The van der Waals surface area contributed by atoms with Crippen LogP contribution in [0.1, 0.15) is 37.8 Å². The van der Waals surface area contributed by atoms with Crippen LogP contribution in [-0.2, 0) is 17.6 Å². The Bertz CT molecular complexity index is 436. The highest BCUT2D eigenvalue weighted by molar-refractivity contribution is 5.79. The molecular formula is C16H23NO2. The van der Waals surface area contributed by atoms with Gasteiger partial charge in [-0.3, -0.25) is 4.79 Å². The van der Waals surface area contributed by atoms with Gasteiger partial charge in [0.2, 0.25) is 5.91 Å². The Morgan fingerprint density at radius 1 is 1.26 bits per heavy atom. The van der Waals surface area contributed by atoms with Crippen molar-refractivity contribution in [2.75, 3.05) is 19.7 Å². The topological polar surface area (TPSA) is 29.5 Å². The van der Waals surface area contributed by atoms with E-state index >= 15 is 0 Å². The largest absolute Gasteiger partial charge is 0.493 e. The summed E-state index contributed by atoms with van der Waals surface area (Å²) in [5, 5.41) is 0. The Balaban J connectivity index is 2.01.